The molecule has 0 aromatic heterocycles. The van der Waals surface area contributed by atoms with E-state index in [4.69, 9.17) is 4.74 Å². The fourth-order valence-corrected chi connectivity index (χ4v) is 3.04. The molecule has 0 saturated carbocycles. The molecule has 0 heterocycles. The number of aryl methyl sites for hydroxylation is 1. The number of nitrogens with one attached hydrogen (secondary N) is 1. The Labute approximate surface area is 176 Å². The van der Waals surface area contributed by atoms with Crippen LogP contribution >= 0.6 is 15.9 Å². The Bertz CT molecular complexity index is 1050. The lowest BCUT2D eigenvalue weighted by molar-refractivity contribution is 0.0954. The number of nitrogens with zero attached hydrogens (tertiary/aromatic N) is 1. The highest BCUT2D eigenvalue weighted by atomic mass is 79.9. The minimum absolute atomic E-state index is 0.0878. The van der Waals surface area contributed by atoms with Gasteiger partial charge in [0.25, 0.3) is 5.91 Å². The number of hydrogen-bond donors (Lipinski definition) is 3. The molecule has 0 bridgehead atoms. The number of phenols is 2. The molecule has 0 spiro atoms. The monoisotopic (exact) mass is 454 g/mol. The minimum atomic E-state index is -0.565. The molecule has 0 aliphatic heterocycles. The van der Waals surface area contributed by atoms with Crippen LogP contribution in [0.1, 0.15) is 27.0 Å². The van der Waals surface area contributed by atoms with Gasteiger partial charge in [0.2, 0.25) is 0 Å². The van der Waals surface area contributed by atoms with Crippen LogP contribution in [-0.4, -0.2) is 22.3 Å². The topological polar surface area (TPSA) is 91.2 Å². The summed E-state index contributed by atoms with van der Waals surface area (Å²) in [5.41, 5.74) is 5.33. The van der Waals surface area contributed by atoms with E-state index in [1.54, 1.807) is 0 Å². The van der Waals surface area contributed by atoms with Gasteiger partial charge in [-0.1, -0.05) is 45.8 Å². The van der Waals surface area contributed by atoms with Gasteiger partial charge in [-0.15, -0.1) is 0 Å². The Morgan fingerprint density at radius 1 is 1.10 bits per heavy atom. The smallest absolute Gasteiger partial charge is 0.271 e. The highest BCUT2D eigenvalue weighted by Crippen LogP contribution is 2.23. The molecule has 0 unspecified atom stereocenters. The molecular weight excluding hydrogens is 436 g/mol. The number of carbonyl (C=O) groups is 1. The van der Waals surface area contributed by atoms with Gasteiger partial charge in [-0.2, -0.15) is 5.10 Å². The largest absolute Gasteiger partial charge is 0.508 e. The molecule has 0 fully saturated rings. The highest BCUT2D eigenvalue weighted by Gasteiger charge is 2.08. The quantitative estimate of drug-likeness (QED) is 0.377. The summed E-state index contributed by atoms with van der Waals surface area (Å²) in [6, 6.07) is 17.2. The lowest BCUT2D eigenvalue weighted by Crippen LogP contribution is -2.17. The molecule has 0 atom stereocenters. The summed E-state index contributed by atoms with van der Waals surface area (Å²) >= 11 is 3.42. The van der Waals surface area contributed by atoms with E-state index in [1.807, 2.05) is 43.3 Å². The van der Waals surface area contributed by atoms with Crippen molar-refractivity contribution < 1.29 is 19.7 Å². The highest BCUT2D eigenvalue weighted by molar-refractivity contribution is 9.10. The SMILES string of the molecule is Cc1cccc(COc2ccc(Br)cc2C=NNC(=O)c2cc(O)cc(O)c2)c1. The van der Waals surface area contributed by atoms with Crippen molar-refractivity contribution in [1.82, 2.24) is 5.43 Å². The molecule has 29 heavy (non-hydrogen) atoms. The Morgan fingerprint density at radius 2 is 1.86 bits per heavy atom. The first-order chi connectivity index (χ1) is 13.9. The summed E-state index contributed by atoms with van der Waals surface area (Å²) in [5, 5.41) is 22.9. The molecule has 3 rings (SSSR count). The van der Waals surface area contributed by atoms with Crippen molar-refractivity contribution in [2.24, 2.45) is 5.10 Å². The third-order valence-electron chi connectivity index (χ3n) is 3.98. The summed E-state index contributed by atoms with van der Waals surface area (Å²) in [6.07, 6.45) is 1.47. The van der Waals surface area contributed by atoms with Crippen LogP contribution in [0.4, 0.5) is 0 Å². The van der Waals surface area contributed by atoms with Gasteiger partial charge >= 0.3 is 0 Å². The zero-order chi connectivity index (χ0) is 20.8. The standard InChI is InChI=1S/C22H19BrN2O4/c1-14-3-2-4-15(7-14)13-29-21-6-5-18(23)8-17(21)12-24-25-22(28)16-9-19(26)11-20(27)10-16/h2-12,26-27H,13H2,1H3,(H,25,28). The van der Waals surface area contributed by atoms with Crippen LogP contribution in [0, 0.1) is 6.92 Å². The van der Waals surface area contributed by atoms with E-state index in [1.165, 1.54) is 18.3 Å². The van der Waals surface area contributed by atoms with Gasteiger partial charge < -0.3 is 14.9 Å². The number of hydrogen-bond acceptors (Lipinski definition) is 5. The van der Waals surface area contributed by atoms with E-state index >= 15 is 0 Å². The maximum Gasteiger partial charge on any atom is 0.271 e. The third-order valence-corrected chi connectivity index (χ3v) is 4.48. The molecule has 6 nitrogen and oxygen atoms in total. The number of benzene rings is 3. The van der Waals surface area contributed by atoms with Gasteiger partial charge in [0, 0.05) is 21.7 Å². The van der Waals surface area contributed by atoms with Crippen molar-refractivity contribution in [1.29, 1.82) is 0 Å². The van der Waals surface area contributed by atoms with Crippen molar-refractivity contribution in [3.63, 3.8) is 0 Å². The Kier molecular flexibility index (Phi) is 6.51. The van der Waals surface area contributed by atoms with E-state index in [-0.39, 0.29) is 17.1 Å². The van der Waals surface area contributed by atoms with Gasteiger partial charge in [-0.3, -0.25) is 4.79 Å². The molecule has 1 amide bonds. The number of phenolic OH excluding ortho intramolecular Hbond substituents is 2. The lowest BCUT2D eigenvalue weighted by Gasteiger charge is -2.10. The summed E-state index contributed by atoms with van der Waals surface area (Å²) in [5.74, 6) is -0.372. The second kappa shape index (κ2) is 9.25. The van der Waals surface area contributed by atoms with Gasteiger partial charge in [0.1, 0.15) is 23.9 Å². The van der Waals surface area contributed by atoms with Crippen molar-refractivity contribution in [3.8, 4) is 17.2 Å². The van der Waals surface area contributed by atoms with Crippen LogP contribution in [0.2, 0.25) is 0 Å². The lowest BCUT2D eigenvalue weighted by atomic mass is 10.1. The zero-order valence-electron chi connectivity index (χ0n) is 15.6. The summed E-state index contributed by atoms with van der Waals surface area (Å²) in [6.45, 7) is 2.43. The molecule has 0 aliphatic rings. The molecule has 3 aromatic carbocycles. The first kappa shape index (κ1) is 20.4. The Morgan fingerprint density at radius 3 is 2.59 bits per heavy atom. The van der Waals surface area contributed by atoms with Gasteiger partial charge in [0.05, 0.1) is 6.21 Å². The van der Waals surface area contributed by atoms with Crippen molar-refractivity contribution >= 4 is 28.1 Å². The fraction of sp³-hybridized carbons (Fsp3) is 0.0909. The predicted octanol–water partition coefficient (Wildman–Crippen LogP) is 4.51. The number of carbonyl (C=O) groups excluding carboxylic acids is 1. The van der Waals surface area contributed by atoms with Crippen LogP contribution in [0.3, 0.4) is 0 Å². The van der Waals surface area contributed by atoms with Crippen LogP contribution in [0.15, 0.2) is 70.2 Å². The normalized spacial score (nSPS) is 10.8. The van der Waals surface area contributed by atoms with E-state index in [2.05, 4.69) is 32.5 Å². The first-order valence-corrected chi connectivity index (χ1v) is 9.54. The van der Waals surface area contributed by atoms with Crippen LogP contribution in [0.5, 0.6) is 17.2 Å². The van der Waals surface area contributed by atoms with Gasteiger partial charge in [-0.05, 0) is 42.8 Å². The average Bonchev–Trinajstić information content (AvgIpc) is 2.66. The maximum atomic E-state index is 12.1. The van der Waals surface area contributed by atoms with Crippen LogP contribution in [0.25, 0.3) is 0 Å². The number of rotatable bonds is 6. The molecule has 0 radical (unpaired) electrons. The number of ether oxygens (including phenoxy) is 1. The number of hydrazone groups is 1. The second-order valence-electron chi connectivity index (χ2n) is 6.40. The minimum Gasteiger partial charge on any atom is -0.508 e. The Hall–Kier alpha value is -3.32. The van der Waals surface area contributed by atoms with Crippen molar-refractivity contribution in [2.75, 3.05) is 0 Å². The van der Waals surface area contributed by atoms with Gasteiger partial charge in [-0.25, -0.2) is 5.43 Å². The second-order valence-corrected chi connectivity index (χ2v) is 7.31. The third kappa shape index (κ3) is 5.83. The molecule has 3 aromatic rings. The van der Waals surface area contributed by atoms with Crippen molar-refractivity contribution in [3.05, 3.63) is 87.4 Å². The molecule has 7 heteroatoms. The molecular formula is C22H19BrN2O4. The van der Waals surface area contributed by atoms with E-state index in [9.17, 15) is 15.0 Å². The number of halogens is 1. The molecule has 3 N–H and O–H groups in total. The van der Waals surface area contributed by atoms with E-state index in [0.29, 0.717) is 17.9 Å². The fourth-order valence-electron chi connectivity index (χ4n) is 2.67. The maximum absolute atomic E-state index is 12.1. The number of aromatic hydroxyl groups is 2. The molecule has 148 valence electrons. The van der Waals surface area contributed by atoms with Crippen LogP contribution in [-0.2, 0) is 6.61 Å². The molecule has 0 aliphatic carbocycles. The summed E-state index contributed by atoms with van der Waals surface area (Å²) in [4.78, 5) is 12.1. The average molecular weight is 455 g/mol. The van der Waals surface area contributed by atoms with E-state index in [0.717, 1.165) is 21.7 Å². The summed E-state index contributed by atoms with van der Waals surface area (Å²) < 4.78 is 6.75. The summed E-state index contributed by atoms with van der Waals surface area (Å²) in [7, 11) is 0. The number of amides is 1. The molecule has 0 saturated heterocycles. The van der Waals surface area contributed by atoms with Crippen molar-refractivity contribution in [2.45, 2.75) is 13.5 Å². The first-order valence-electron chi connectivity index (χ1n) is 8.75. The zero-order valence-corrected chi connectivity index (χ0v) is 17.2. The predicted molar refractivity (Wildman–Crippen MR) is 114 cm³/mol. The van der Waals surface area contributed by atoms with E-state index < -0.39 is 5.91 Å². The van der Waals surface area contributed by atoms with Gasteiger partial charge in [0.15, 0.2) is 0 Å². The Balaban J connectivity index is 1.71. The van der Waals surface area contributed by atoms with Crippen LogP contribution < -0.4 is 10.2 Å².